The van der Waals surface area contributed by atoms with Crippen molar-refractivity contribution in [2.45, 2.75) is 71.2 Å². The summed E-state index contributed by atoms with van der Waals surface area (Å²) < 4.78 is 8.12. The van der Waals surface area contributed by atoms with Gasteiger partial charge in [0, 0.05) is 30.9 Å². The van der Waals surface area contributed by atoms with Crippen LogP contribution in [0.3, 0.4) is 0 Å². The molecule has 0 spiro atoms. The van der Waals surface area contributed by atoms with Crippen LogP contribution < -0.4 is 5.32 Å². The van der Waals surface area contributed by atoms with Crippen molar-refractivity contribution in [2.24, 2.45) is 0 Å². The van der Waals surface area contributed by atoms with Gasteiger partial charge >= 0.3 is 0 Å². The quantitative estimate of drug-likeness (QED) is 0.913. The number of aromatic nitrogens is 2. The number of rotatable bonds is 3. The molecule has 1 aromatic heterocycles. The van der Waals surface area contributed by atoms with Crippen molar-refractivity contribution < 1.29 is 4.74 Å². The minimum absolute atomic E-state index is 0.0259. The summed E-state index contributed by atoms with van der Waals surface area (Å²) in [6.07, 6.45) is 6.06. The molecule has 2 rings (SSSR count). The van der Waals surface area contributed by atoms with Crippen LogP contribution in [0, 0.1) is 0 Å². The first-order valence-corrected chi connectivity index (χ1v) is 7.17. The van der Waals surface area contributed by atoms with Crippen LogP contribution in [0.5, 0.6) is 0 Å². The summed E-state index contributed by atoms with van der Waals surface area (Å²) in [6, 6.07) is 0.503. The van der Waals surface area contributed by atoms with Crippen molar-refractivity contribution in [3.05, 3.63) is 18.2 Å². The van der Waals surface area contributed by atoms with Gasteiger partial charge in [0.2, 0.25) is 0 Å². The zero-order chi connectivity index (χ0) is 14.1. The van der Waals surface area contributed by atoms with E-state index in [1.165, 1.54) is 5.69 Å². The fourth-order valence-electron chi connectivity index (χ4n) is 2.59. The van der Waals surface area contributed by atoms with Gasteiger partial charge in [-0.3, -0.25) is 0 Å². The lowest BCUT2D eigenvalue weighted by Crippen LogP contribution is -2.38. The Balaban J connectivity index is 2.06. The first-order valence-electron chi connectivity index (χ1n) is 7.17. The zero-order valence-electron chi connectivity index (χ0n) is 12.9. The van der Waals surface area contributed by atoms with Gasteiger partial charge in [-0.05, 0) is 47.5 Å². The number of nitrogens with zero attached hydrogens (tertiary/aromatic N) is 2. The van der Waals surface area contributed by atoms with Crippen LogP contribution in [-0.2, 0) is 11.3 Å². The summed E-state index contributed by atoms with van der Waals surface area (Å²) in [5.41, 5.74) is 1.36. The molecule has 1 aliphatic rings. The Hall–Kier alpha value is -0.870. The van der Waals surface area contributed by atoms with Gasteiger partial charge in [0.15, 0.2) is 0 Å². The second kappa shape index (κ2) is 5.25. The Morgan fingerprint density at radius 1 is 1.47 bits per heavy atom. The van der Waals surface area contributed by atoms with Crippen molar-refractivity contribution in [1.29, 1.82) is 0 Å². The maximum absolute atomic E-state index is 5.80. The summed E-state index contributed by atoms with van der Waals surface area (Å²) in [6.45, 7) is 12.6. The molecule has 1 N–H and O–H groups in total. The lowest BCUT2D eigenvalue weighted by atomic mass is 9.93. The number of ether oxygens (including phenoxy) is 1. The number of hydrogen-bond donors (Lipinski definition) is 1. The fourth-order valence-corrected chi connectivity index (χ4v) is 2.59. The first-order chi connectivity index (χ1) is 8.77. The van der Waals surface area contributed by atoms with Crippen LogP contribution in [-0.4, -0.2) is 27.3 Å². The van der Waals surface area contributed by atoms with Crippen molar-refractivity contribution in [3.63, 3.8) is 0 Å². The second-order valence-electron chi connectivity index (χ2n) is 7.15. The van der Waals surface area contributed by atoms with Crippen molar-refractivity contribution in [3.8, 4) is 0 Å². The highest BCUT2D eigenvalue weighted by molar-refractivity contribution is 5.02. The van der Waals surface area contributed by atoms with E-state index in [4.69, 9.17) is 4.74 Å². The van der Waals surface area contributed by atoms with Gasteiger partial charge in [-0.2, -0.15) is 0 Å². The highest BCUT2D eigenvalue weighted by Crippen LogP contribution is 2.32. The molecule has 1 aromatic rings. The van der Waals surface area contributed by atoms with E-state index in [0.717, 1.165) is 26.0 Å². The Morgan fingerprint density at radius 2 is 2.21 bits per heavy atom. The molecule has 0 aromatic carbocycles. The molecular formula is C15H27N3O. The molecule has 1 atom stereocenters. The van der Waals surface area contributed by atoms with Crippen molar-refractivity contribution in [1.82, 2.24) is 14.9 Å². The largest absolute Gasteiger partial charge is 0.375 e. The van der Waals surface area contributed by atoms with E-state index in [0.29, 0.717) is 6.04 Å². The predicted octanol–water partition coefficient (Wildman–Crippen LogP) is 2.90. The van der Waals surface area contributed by atoms with E-state index >= 15 is 0 Å². The van der Waals surface area contributed by atoms with E-state index in [9.17, 15) is 0 Å². The molecule has 19 heavy (non-hydrogen) atoms. The average Bonchev–Trinajstić information content (AvgIpc) is 2.72. The Bertz CT molecular complexity index is 417. The number of hydrogen-bond acceptors (Lipinski definition) is 3. The maximum Gasteiger partial charge on any atom is 0.0951 e. The average molecular weight is 265 g/mol. The lowest BCUT2D eigenvalue weighted by molar-refractivity contribution is -0.0694. The predicted molar refractivity (Wildman–Crippen MR) is 77.1 cm³/mol. The molecule has 1 saturated heterocycles. The van der Waals surface area contributed by atoms with E-state index in [2.05, 4.69) is 49.5 Å². The fraction of sp³-hybridized carbons (Fsp3) is 0.800. The Kier molecular flexibility index (Phi) is 4.02. The molecule has 0 radical (unpaired) electrons. The highest BCUT2D eigenvalue weighted by atomic mass is 16.5. The van der Waals surface area contributed by atoms with Gasteiger partial charge in [0.25, 0.3) is 0 Å². The van der Waals surface area contributed by atoms with Gasteiger partial charge in [-0.25, -0.2) is 4.98 Å². The maximum atomic E-state index is 5.80. The van der Waals surface area contributed by atoms with Crippen LogP contribution in [0.1, 0.15) is 59.2 Å². The van der Waals surface area contributed by atoms with Crippen molar-refractivity contribution >= 4 is 0 Å². The zero-order valence-corrected chi connectivity index (χ0v) is 12.9. The summed E-state index contributed by atoms with van der Waals surface area (Å²) in [4.78, 5) is 4.33. The molecule has 1 fully saturated rings. The van der Waals surface area contributed by atoms with Crippen LogP contribution in [0.15, 0.2) is 12.5 Å². The Morgan fingerprint density at radius 3 is 2.84 bits per heavy atom. The second-order valence-corrected chi connectivity index (χ2v) is 7.15. The minimum atomic E-state index is -0.0259. The first kappa shape index (κ1) is 14.5. The molecule has 4 heteroatoms. The van der Waals surface area contributed by atoms with E-state index in [1.54, 1.807) is 0 Å². The van der Waals surface area contributed by atoms with Gasteiger partial charge in [0.1, 0.15) is 0 Å². The minimum Gasteiger partial charge on any atom is -0.375 e. The van der Waals surface area contributed by atoms with Crippen molar-refractivity contribution in [2.75, 3.05) is 6.61 Å². The van der Waals surface area contributed by atoms with Crippen LogP contribution in [0.4, 0.5) is 0 Å². The molecule has 0 saturated carbocycles. The summed E-state index contributed by atoms with van der Waals surface area (Å²) in [5.74, 6) is 0. The topological polar surface area (TPSA) is 39.1 Å². The normalized spacial score (nSPS) is 23.5. The van der Waals surface area contributed by atoms with Gasteiger partial charge in [-0.1, -0.05) is 0 Å². The van der Waals surface area contributed by atoms with Gasteiger partial charge in [0.05, 0.1) is 17.6 Å². The monoisotopic (exact) mass is 265 g/mol. The summed E-state index contributed by atoms with van der Waals surface area (Å²) >= 11 is 0. The van der Waals surface area contributed by atoms with E-state index < -0.39 is 0 Å². The summed E-state index contributed by atoms with van der Waals surface area (Å²) in [5, 5.41) is 3.53. The van der Waals surface area contributed by atoms with Crippen LogP contribution in [0.25, 0.3) is 0 Å². The van der Waals surface area contributed by atoms with E-state index in [-0.39, 0.29) is 11.1 Å². The number of nitrogens with one attached hydrogen (secondary N) is 1. The third kappa shape index (κ3) is 4.05. The van der Waals surface area contributed by atoms with E-state index in [1.807, 2.05) is 12.5 Å². The van der Waals surface area contributed by atoms with Crippen LogP contribution >= 0.6 is 0 Å². The molecular weight excluding hydrogens is 238 g/mol. The molecule has 2 heterocycles. The molecule has 0 amide bonds. The Labute approximate surface area is 116 Å². The molecule has 4 nitrogen and oxygen atoms in total. The molecule has 1 aliphatic heterocycles. The third-order valence-electron chi connectivity index (χ3n) is 3.61. The van der Waals surface area contributed by atoms with Gasteiger partial charge < -0.3 is 14.6 Å². The SMILES string of the molecule is CC(C)(C)NCc1cncn1C1CCOC(C)(C)C1. The molecule has 1 unspecified atom stereocenters. The standard InChI is InChI=1S/C15H27N3O/c1-14(2,3)17-10-13-9-16-11-18(13)12-6-7-19-15(4,5)8-12/h9,11-12,17H,6-8,10H2,1-5H3. The molecule has 0 aliphatic carbocycles. The van der Waals surface area contributed by atoms with Gasteiger partial charge in [-0.15, -0.1) is 0 Å². The highest BCUT2D eigenvalue weighted by Gasteiger charge is 2.30. The van der Waals surface area contributed by atoms with Crippen LogP contribution in [0.2, 0.25) is 0 Å². The number of imidazole rings is 1. The lowest BCUT2D eigenvalue weighted by Gasteiger charge is -2.36. The molecule has 0 bridgehead atoms. The third-order valence-corrected chi connectivity index (χ3v) is 3.61. The smallest absolute Gasteiger partial charge is 0.0951 e. The molecule has 108 valence electrons. The summed E-state index contributed by atoms with van der Waals surface area (Å²) in [7, 11) is 0.